The fourth-order valence-corrected chi connectivity index (χ4v) is 5.90. The lowest BCUT2D eigenvalue weighted by Crippen LogP contribution is -2.46. The highest BCUT2D eigenvalue weighted by atomic mass is 16.5. The summed E-state index contributed by atoms with van der Waals surface area (Å²) in [6.45, 7) is 12.5. The van der Waals surface area contributed by atoms with Crippen LogP contribution in [0.1, 0.15) is 76.4 Å². The minimum absolute atomic E-state index is 0.278. The van der Waals surface area contributed by atoms with Crippen LogP contribution in [0.25, 0.3) is 16.9 Å². The van der Waals surface area contributed by atoms with Crippen LogP contribution in [0.3, 0.4) is 0 Å². The second-order valence-electron chi connectivity index (χ2n) is 13.0. The molecule has 234 valence electrons. The molecule has 3 aliphatic rings. The lowest BCUT2D eigenvalue weighted by atomic mass is 9.92. The Bertz CT molecular complexity index is 1650. The number of benzene rings is 1. The fourth-order valence-electron chi connectivity index (χ4n) is 5.90. The molecule has 1 aromatic carbocycles. The third-order valence-electron chi connectivity index (χ3n) is 8.18. The van der Waals surface area contributed by atoms with Gasteiger partial charge in [-0.05, 0) is 72.4 Å². The molecule has 0 radical (unpaired) electrons. The molecule has 8 bridgehead atoms. The Hall–Kier alpha value is -4.03. The Kier molecular flexibility index (Phi) is 8.06. The third-order valence-corrected chi connectivity index (χ3v) is 8.18. The van der Waals surface area contributed by atoms with Crippen LogP contribution >= 0.6 is 0 Å². The highest BCUT2D eigenvalue weighted by Gasteiger charge is 2.37. The second kappa shape index (κ2) is 11.8. The normalized spacial score (nSPS) is 18.2. The number of anilines is 1. The minimum Gasteiger partial charge on any atom is -0.494 e. The summed E-state index contributed by atoms with van der Waals surface area (Å²) < 4.78 is 22.1. The Morgan fingerprint density at radius 3 is 2.66 bits per heavy atom. The molecule has 0 aliphatic carbocycles. The van der Waals surface area contributed by atoms with Crippen molar-refractivity contribution in [2.24, 2.45) is 0 Å². The van der Waals surface area contributed by atoms with E-state index in [0.717, 1.165) is 48.4 Å². The first-order chi connectivity index (χ1) is 21.0. The lowest BCUT2D eigenvalue weighted by molar-refractivity contribution is -0.160. The van der Waals surface area contributed by atoms with Crippen molar-refractivity contribution in [2.75, 3.05) is 31.2 Å². The van der Waals surface area contributed by atoms with Crippen LogP contribution in [-0.2, 0) is 20.8 Å². The molecule has 12 heteroatoms. The van der Waals surface area contributed by atoms with Crippen molar-refractivity contribution in [3.05, 3.63) is 53.5 Å². The van der Waals surface area contributed by atoms with Crippen LogP contribution in [-0.4, -0.2) is 78.2 Å². The van der Waals surface area contributed by atoms with Gasteiger partial charge in [-0.3, -0.25) is 0 Å². The highest BCUT2D eigenvalue weighted by Crippen LogP contribution is 2.38. The quantitative estimate of drug-likeness (QED) is 0.348. The molecule has 0 spiro atoms. The number of carbonyl (C=O) groups is 1. The van der Waals surface area contributed by atoms with Gasteiger partial charge in [0.1, 0.15) is 17.3 Å². The molecule has 1 fully saturated rings. The van der Waals surface area contributed by atoms with Gasteiger partial charge in [0.2, 0.25) is 0 Å². The standard InChI is InChI=1S/C32H41N7O5/c1-21-27(28(30(40)41)44-31(2,3)4)29-37-13-11-32(5,12-14-37)43-16-7-6-15-42-24-10-8-9-22(17-24)25-20-38(36-34-25)19-23-18-26(33-21)39(29)35-23/h8-10,17-18,20,28H,6-7,11-16,19H2,1-5H3,(H,40,41). The average molecular weight is 604 g/mol. The molecule has 0 saturated carbocycles. The van der Waals surface area contributed by atoms with Gasteiger partial charge in [-0.25, -0.2) is 14.5 Å². The number of rotatable bonds is 3. The average Bonchev–Trinajstić information content (AvgIpc) is 3.59. The summed E-state index contributed by atoms with van der Waals surface area (Å²) in [7, 11) is 0. The molecule has 44 heavy (non-hydrogen) atoms. The molecule has 1 atom stereocenters. The zero-order valence-corrected chi connectivity index (χ0v) is 26.1. The summed E-state index contributed by atoms with van der Waals surface area (Å²) in [5.74, 6) is 0.420. The Morgan fingerprint density at radius 2 is 1.91 bits per heavy atom. The Balaban J connectivity index is 1.44. The van der Waals surface area contributed by atoms with E-state index in [-0.39, 0.29) is 5.60 Å². The first kappa shape index (κ1) is 30.0. The molecule has 6 heterocycles. The fraction of sp³-hybridized carbons (Fsp3) is 0.531. The summed E-state index contributed by atoms with van der Waals surface area (Å²) in [5.41, 5.74) is 3.15. The van der Waals surface area contributed by atoms with Crippen LogP contribution in [0.2, 0.25) is 0 Å². The summed E-state index contributed by atoms with van der Waals surface area (Å²) in [6, 6.07) is 9.79. The van der Waals surface area contributed by atoms with Crippen molar-refractivity contribution in [1.29, 1.82) is 0 Å². The molecular weight excluding hydrogens is 562 g/mol. The van der Waals surface area contributed by atoms with E-state index in [9.17, 15) is 9.90 Å². The minimum atomic E-state index is -1.22. The van der Waals surface area contributed by atoms with Gasteiger partial charge < -0.3 is 24.2 Å². The molecule has 4 aromatic rings. The molecule has 1 saturated heterocycles. The molecule has 7 rings (SSSR count). The number of carboxylic acid groups (broad SMARTS) is 1. The van der Waals surface area contributed by atoms with Crippen LogP contribution in [0.4, 0.5) is 5.82 Å². The maximum Gasteiger partial charge on any atom is 0.337 e. The molecule has 1 unspecified atom stereocenters. The van der Waals surface area contributed by atoms with Crippen molar-refractivity contribution in [2.45, 2.75) is 84.2 Å². The zero-order chi connectivity index (χ0) is 31.1. The number of aromatic nitrogens is 6. The molecule has 1 N–H and O–H groups in total. The third kappa shape index (κ3) is 6.41. The molecule has 12 nitrogen and oxygen atoms in total. The van der Waals surface area contributed by atoms with Gasteiger partial charge in [0, 0.05) is 37.0 Å². The molecule has 0 amide bonds. The Labute approximate surface area is 256 Å². The van der Waals surface area contributed by atoms with Crippen molar-refractivity contribution in [3.8, 4) is 17.0 Å². The van der Waals surface area contributed by atoms with E-state index in [4.69, 9.17) is 24.3 Å². The molecular formula is C32H41N7O5. The molecule has 3 aromatic heterocycles. The SMILES string of the molecule is Cc1nc2cc3nn2c(c1C(OC(C)(C)C)C(=O)O)N1CCC(C)(CC1)OCCCCOc1cccc(c1)-c1cn(nn1)C3. The number of nitrogens with zero attached hydrogens (tertiary/aromatic N) is 7. The number of aliphatic carboxylic acids is 1. The topological polar surface area (TPSA) is 129 Å². The van der Waals surface area contributed by atoms with Gasteiger partial charge >= 0.3 is 5.97 Å². The highest BCUT2D eigenvalue weighted by molar-refractivity contribution is 5.78. The van der Waals surface area contributed by atoms with E-state index < -0.39 is 17.7 Å². The van der Waals surface area contributed by atoms with Crippen LogP contribution in [0.5, 0.6) is 5.75 Å². The number of piperidine rings is 1. The smallest absolute Gasteiger partial charge is 0.337 e. The van der Waals surface area contributed by atoms with Gasteiger partial charge in [0.15, 0.2) is 11.8 Å². The number of hydrogen-bond donors (Lipinski definition) is 1. The Morgan fingerprint density at radius 1 is 1.14 bits per heavy atom. The van der Waals surface area contributed by atoms with Crippen LogP contribution < -0.4 is 9.64 Å². The van der Waals surface area contributed by atoms with E-state index in [1.165, 1.54) is 0 Å². The van der Waals surface area contributed by atoms with Gasteiger partial charge in [-0.15, -0.1) is 5.10 Å². The first-order valence-corrected chi connectivity index (χ1v) is 15.3. The van der Waals surface area contributed by atoms with Gasteiger partial charge in [-0.1, -0.05) is 17.3 Å². The lowest BCUT2D eigenvalue weighted by Gasteiger charge is -2.41. The summed E-state index contributed by atoms with van der Waals surface area (Å²) in [4.78, 5) is 19.7. The van der Waals surface area contributed by atoms with E-state index in [1.54, 1.807) is 9.20 Å². The second-order valence-corrected chi connectivity index (χ2v) is 13.0. The summed E-state index contributed by atoms with van der Waals surface area (Å²) >= 11 is 0. The van der Waals surface area contributed by atoms with Gasteiger partial charge in [0.05, 0.1) is 41.8 Å². The summed E-state index contributed by atoms with van der Waals surface area (Å²) in [5, 5.41) is 24.1. The number of fused-ring (bicyclic) bond motifs is 7. The zero-order valence-electron chi connectivity index (χ0n) is 26.1. The van der Waals surface area contributed by atoms with Gasteiger partial charge in [-0.2, -0.15) is 9.61 Å². The number of ether oxygens (including phenoxy) is 3. The first-order valence-electron chi connectivity index (χ1n) is 15.3. The van der Waals surface area contributed by atoms with Gasteiger partial charge in [0.25, 0.3) is 0 Å². The molecule has 3 aliphatic heterocycles. The largest absolute Gasteiger partial charge is 0.494 e. The van der Waals surface area contributed by atoms with Crippen molar-refractivity contribution in [3.63, 3.8) is 0 Å². The monoisotopic (exact) mass is 603 g/mol. The maximum atomic E-state index is 12.7. The van der Waals surface area contributed by atoms with Crippen LogP contribution in [0, 0.1) is 6.92 Å². The van der Waals surface area contributed by atoms with E-state index in [0.29, 0.717) is 55.6 Å². The van der Waals surface area contributed by atoms with E-state index in [2.05, 4.69) is 22.1 Å². The number of carboxylic acids is 1. The number of hydrogen-bond acceptors (Lipinski definition) is 9. The maximum absolute atomic E-state index is 12.7. The predicted molar refractivity (Wildman–Crippen MR) is 164 cm³/mol. The van der Waals surface area contributed by atoms with E-state index >= 15 is 0 Å². The number of aryl methyl sites for hydroxylation is 1. The van der Waals surface area contributed by atoms with Crippen molar-refractivity contribution < 1.29 is 24.1 Å². The summed E-state index contributed by atoms with van der Waals surface area (Å²) in [6.07, 6.45) is 4.01. The van der Waals surface area contributed by atoms with E-state index in [1.807, 2.05) is 64.2 Å². The van der Waals surface area contributed by atoms with Crippen molar-refractivity contribution in [1.82, 2.24) is 29.6 Å². The van der Waals surface area contributed by atoms with Crippen LogP contribution in [0.15, 0.2) is 36.5 Å². The van der Waals surface area contributed by atoms with Crippen molar-refractivity contribution >= 4 is 17.4 Å². The predicted octanol–water partition coefficient (Wildman–Crippen LogP) is 4.83.